The van der Waals surface area contributed by atoms with Crippen molar-refractivity contribution >= 4 is 34.8 Å². The molecule has 0 atom stereocenters. The number of anilines is 1. The Labute approximate surface area is 130 Å². The lowest BCUT2D eigenvalue weighted by Gasteiger charge is -2.37. The van der Waals surface area contributed by atoms with E-state index in [-0.39, 0.29) is 5.91 Å². The second kappa shape index (κ2) is 6.68. The van der Waals surface area contributed by atoms with Crippen LogP contribution in [0.25, 0.3) is 0 Å². The van der Waals surface area contributed by atoms with Crippen LogP contribution in [-0.4, -0.2) is 37.0 Å². The fourth-order valence-corrected chi connectivity index (χ4v) is 3.09. The lowest BCUT2D eigenvalue weighted by Crippen LogP contribution is -2.49. The van der Waals surface area contributed by atoms with Crippen LogP contribution in [0.3, 0.4) is 0 Å². The predicted molar refractivity (Wildman–Crippen MR) is 84.7 cm³/mol. The van der Waals surface area contributed by atoms with Gasteiger partial charge in [-0.15, -0.1) is 0 Å². The molecule has 0 spiro atoms. The topological polar surface area (TPSA) is 23.6 Å². The first-order valence-electron chi connectivity index (χ1n) is 6.95. The van der Waals surface area contributed by atoms with Crippen LogP contribution >= 0.6 is 23.2 Å². The molecule has 1 fully saturated rings. The first kappa shape index (κ1) is 15.5. The second-order valence-electron chi connectivity index (χ2n) is 5.54. The Morgan fingerprint density at radius 3 is 2.20 bits per heavy atom. The largest absolute Gasteiger partial charge is 0.366 e. The molecule has 0 radical (unpaired) electrons. The normalized spacial score (nSPS) is 15.8. The van der Waals surface area contributed by atoms with Crippen LogP contribution in [-0.2, 0) is 4.79 Å². The molecule has 1 saturated heterocycles. The van der Waals surface area contributed by atoms with E-state index in [4.69, 9.17) is 23.2 Å². The Balaban J connectivity index is 1.99. The molecule has 5 heteroatoms. The lowest BCUT2D eigenvalue weighted by atomic mass is 10.1. The maximum Gasteiger partial charge on any atom is 0.222 e. The number of hydrogen-bond donors (Lipinski definition) is 0. The van der Waals surface area contributed by atoms with Crippen molar-refractivity contribution in [3.8, 4) is 0 Å². The highest BCUT2D eigenvalue weighted by Crippen LogP contribution is 2.34. The van der Waals surface area contributed by atoms with Gasteiger partial charge in [-0.1, -0.05) is 43.1 Å². The standard InChI is InChI=1S/C15H20Cl2N2O/c1-11(2)10-14(20)18-6-8-19(9-7-18)15-12(16)4-3-5-13(15)17/h3-5,11H,6-10H2,1-2H3. The number of halogens is 2. The summed E-state index contributed by atoms with van der Waals surface area (Å²) in [5, 5.41) is 1.33. The molecule has 1 amide bonds. The van der Waals surface area contributed by atoms with Gasteiger partial charge in [-0.05, 0) is 18.1 Å². The van der Waals surface area contributed by atoms with Crippen LogP contribution in [0, 0.1) is 5.92 Å². The van der Waals surface area contributed by atoms with Crippen LogP contribution in [0.5, 0.6) is 0 Å². The SMILES string of the molecule is CC(C)CC(=O)N1CCN(c2c(Cl)cccc2Cl)CC1. The van der Waals surface area contributed by atoms with Gasteiger partial charge in [-0.2, -0.15) is 0 Å². The third kappa shape index (κ3) is 3.58. The molecule has 1 heterocycles. The highest BCUT2D eigenvalue weighted by Gasteiger charge is 2.23. The van der Waals surface area contributed by atoms with Gasteiger partial charge in [0.25, 0.3) is 0 Å². The molecule has 1 aromatic rings. The number of para-hydroxylation sites is 1. The highest BCUT2D eigenvalue weighted by molar-refractivity contribution is 6.39. The summed E-state index contributed by atoms with van der Waals surface area (Å²) in [6.07, 6.45) is 0.618. The van der Waals surface area contributed by atoms with Crippen molar-refractivity contribution in [3.05, 3.63) is 28.2 Å². The van der Waals surface area contributed by atoms with Crippen LogP contribution in [0.2, 0.25) is 10.0 Å². The van der Waals surface area contributed by atoms with Gasteiger partial charge in [-0.25, -0.2) is 0 Å². The molecule has 0 N–H and O–H groups in total. The molecule has 1 aromatic carbocycles. The van der Waals surface area contributed by atoms with E-state index >= 15 is 0 Å². The number of hydrogen-bond acceptors (Lipinski definition) is 2. The minimum absolute atomic E-state index is 0.241. The highest BCUT2D eigenvalue weighted by atomic mass is 35.5. The number of piperazine rings is 1. The fraction of sp³-hybridized carbons (Fsp3) is 0.533. The Bertz CT molecular complexity index is 463. The Morgan fingerprint density at radius 1 is 1.15 bits per heavy atom. The van der Waals surface area contributed by atoms with Gasteiger partial charge < -0.3 is 9.80 Å². The minimum Gasteiger partial charge on any atom is -0.366 e. The first-order valence-corrected chi connectivity index (χ1v) is 7.71. The number of nitrogens with zero attached hydrogens (tertiary/aromatic N) is 2. The fourth-order valence-electron chi connectivity index (χ4n) is 2.45. The van der Waals surface area contributed by atoms with E-state index in [1.165, 1.54) is 0 Å². The minimum atomic E-state index is 0.241. The number of amides is 1. The van der Waals surface area contributed by atoms with Crippen LogP contribution in [0.4, 0.5) is 5.69 Å². The van der Waals surface area contributed by atoms with Gasteiger partial charge in [0.2, 0.25) is 5.91 Å². The molecule has 1 aliphatic heterocycles. The number of benzene rings is 1. The summed E-state index contributed by atoms with van der Waals surface area (Å²) < 4.78 is 0. The molecule has 3 nitrogen and oxygen atoms in total. The van der Waals surface area contributed by atoms with E-state index in [1.54, 1.807) is 0 Å². The van der Waals surface area contributed by atoms with Gasteiger partial charge >= 0.3 is 0 Å². The van der Waals surface area contributed by atoms with Crippen molar-refractivity contribution in [2.45, 2.75) is 20.3 Å². The van der Waals surface area contributed by atoms with Crippen molar-refractivity contribution < 1.29 is 4.79 Å². The van der Waals surface area contributed by atoms with Gasteiger partial charge in [0.05, 0.1) is 15.7 Å². The molecule has 0 aromatic heterocycles. The molecule has 2 rings (SSSR count). The lowest BCUT2D eigenvalue weighted by molar-refractivity contribution is -0.132. The van der Waals surface area contributed by atoms with Gasteiger partial charge in [0, 0.05) is 32.6 Å². The Morgan fingerprint density at radius 2 is 1.70 bits per heavy atom. The predicted octanol–water partition coefficient (Wildman–Crippen LogP) is 3.69. The van der Waals surface area contributed by atoms with E-state index in [1.807, 2.05) is 23.1 Å². The third-order valence-corrected chi connectivity index (χ3v) is 4.08. The van der Waals surface area contributed by atoms with E-state index in [2.05, 4.69) is 18.7 Å². The zero-order chi connectivity index (χ0) is 14.7. The molecular formula is C15H20Cl2N2O. The van der Waals surface area contributed by atoms with Gasteiger partial charge in [0.15, 0.2) is 0 Å². The first-order chi connectivity index (χ1) is 9.49. The number of carbonyl (C=O) groups is 1. The molecule has 20 heavy (non-hydrogen) atoms. The Hall–Kier alpha value is -0.930. The summed E-state index contributed by atoms with van der Waals surface area (Å²) in [6, 6.07) is 5.54. The molecular weight excluding hydrogens is 295 g/mol. The van der Waals surface area contributed by atoms with E-state index in [0.29, 0.717) is 22.4 Å². The summed E-state index contributed by atoms with van der Waals surface area (Å²) in [5.74, 6) is 0.642. The van der Waals surface area contributed by atoms with Crippen LogP contribution in [0.15, 0.2) is 18.2 Å². The summed E-state index contributed by atoms with van der Waals surface area (Å²) in [5.41, 5.74) is 0.881. The maximum atomic E-state index is 12.0. The smallest absolute Gasteiger partial charge is 0.222 e. The monoisotopic (exact) mass is 314 g/mol. The van der Waals surface area contributed by atoms with Crippen molar-refractivity contribution in [2.24, 2.45) is 5.92 Å². The van der Waals surface area contributed by atoms with Crippen LogP contribution in [0.1, 0.15) is 20.3 Å². The van der Waals surface area contributed by atoms with Gasteiger partial charge in [-0.3, -0.25) is 4.79 Å². The van der Waals surface area contributed by atoms with Crippen molar-refractivity contribution in [3.63, 3.8) is 0 Å². The second-order valence-corrected chi connectivity index (χ2v) is 6.35. The van der Waals surface area contributed by atoms with Crippen molar-refractivity contribution in [1.29, 1.82) is 0 Å². The number of rotatable bonds is 3. The average molecular weight is 315 g/mol. The molecule has 1 aliphatic rings. The van der Waals surface area contributed by atoms with Crippen molar-refractivity contribution in [2.75, 3.05) is 31.1 Å². The Kier molecular flexibility index (Phi) is 5.17. The van der Waals surface area contributed by atoms with Crippen LogP contribution < -0.4 is 4.90 Å². The molecule has 0 saturated carbocycles. The van der Waals surface area contributed by atoms with E-state index in [0.717, 1.165) is 31.9 Å². The van der Waals surface area contributed by atoms with Crippen molar-refractivity contribution in [1.82, 2.24) is 4.90 Å². The molecule has 110 valence electrons. The number of carbonyl (C=O) groups excluding carboxylic acids is 1. The van der Waals surface area contributed by atoms with E-state index < -0.39 is 0 Å². The van der Waals surface area contributed by atoms with E-state index in [9.17, 15) is 4.79 Å². The summed E-state index contributed by atoms with van der Waals surface area (Å²) >= 11 is 12.4. The average Bonchev–Trinajstić information content (AvgIpc) is 2.38. The zero-order valence-electron chi connectivity index (χ0n) is 11.9. The third-order valence-electron chi connectivity index (χ3n) is 3.47. The molecule has 0 unspecified atom stereocenters. The summed E-state index contributed by atoms with van der Waals surface area (Å²) in [6.45, 7) is 7.14. The summed E-state index contributed by atoms with van der Waals surface area (Å²) in [4.78, 5) is 16.1. The maximum absolute atomic E-state index is 12.0. The molecule has 0 aliphatic carbocycles. The van der Waals surface area contributed by atoms with Gasteiger partial charge in [0.1, 0.15) is 0 Å². The molecule has 0 bridgehead atoms. The quantitative estimate of drug-likeness (QED) is 0.849. The zero-order valence-corrected chi connectivity index (χ0v) is 13.4. The summed E-state index contributed by atoms with van der Waals surface area (Å²) in [7, 11) is 0.